The standard InChI is InChI=1S/C21H21N9O3/c1-10(31)21-7-11(21)15(16(32)17(21)33)29-9-24-14-18(22-2)25-20(26-19(14)29)30-8-13(27-28-30)12-5-3-4-6-23-12/h3-6,8-9,11,15-17,32-33H,7H2,1-2H3,(H,22,25,26)/t11?,15-,16+,17?,21+/m1/s1. The fourth-order valence-corrected chi connectivity index (χ4v) is 5.16. The van der Waals surface area contributed by atoms with E-state index in [2.05, 4.69) is 35.6 Å². The van der Waals surface area contributed by atoms with Gasteiger partial charge in [-0.25, -0.2) is 4.98 Å². The second kappa shape index (κ2) is 6.86. The molecule has 0 aliphatic heterocycles. The number of aromatic nitrogens is 8. The van der Waals surface area contributed by atoms with E-state index in [0.29, 0.717) is 34.8 Å². The fourth-order valence-electron chi connectivity index (χ4n) is 5.16. The van der Waals surface area contributed by atoms with Crippen LogP contribution in [0, 0.1) is 11.3 Å². The van der Waals surface area contributed by atoms with E-state index in [1.807, 2.05) is 18.2 Å². The zero-order chi connectivity index (χ0) is 22.9. The highest BCUT2D eigenvalue weighted by atomic mass is 16.3. The van der Waals surface area contributed by atoms with Crippen LogP contribution in [0.1, 0.15) is 19.4 Å². The van der Waals surface area contributed by atoms with Gasteiger partial charge in [-0.1, -0.05) is 11.3 Å². The number of anilines is 1. The van der Waals surface area contributed by atoms with Crippen LogP contribution in [-0.4, -0.2) is 74.7 Å². The lowest BCUT2D eigenvalue weighted by atomic mass is 9.95. The van der Waals surface area contributed by atoms with Gasteiger partial charge in [0, 0.05) is 13.2 Å². The third kappa shape index (κ3) is 2.67. The van der Waals surface area contributed by atoms with Gasteiger partial charge >= 0.3 is 0 Å². The fraction of sp³-hybridized carbons (Fsp3) is 0.381. The maximum absolute atomic E-state index is 12.2. The van der Waals surface area contributed by atoms with E-state index in [1.54, 1.807) is 30.3 Å². The van der Waals surface area contributed by atoms with Crippen molar-refractivity contribution in [3.05, 3.63) is 36.9 Å². The first-order valence-electron chi connectivity index (χ1n) is 10.6. The van der Waals surface area contributed by atoms with Crippen molar-refractivity contribution in [2.45, 2.75) is 31.6 Å². The van der Waals surface area contributed by atoms with Crippen molar-refractivity contribution in [3.63, 3.8) is 0 Å². The van der Waals surface area contributed by atoms with Crippen molar-refractivity contribution in [2.24, 2.45) is 11.3 Å². The third-order valence-electron chi connectivity index (χ3n) is 6.92. The average Bonchev–Trinajstić information content (AvgIpc) is 3.10. The zero-order valence-electron chi connectivity index (χ0n) is 17.9. The van der Waals surface area contributed by atoms with Crippen molar-refractivity contribution in [3.8, 4) is 17.3 Å². The van der Waals surface area contributed by atoms with Gasteiger partial charge in [0.25, 0.3) is 5.95 Å². The molecule has 2 aliphatic rings. The Morgan fingerprint density at radius 2 is 2.06 bits per heavy atom. The molecule has 2 aliphatic carbocycles. The summed E-state index contributed by atoms with van der Waals surface area (Å²) in [4.78, 5) is 30.2. The summed E-state index contributed by atoms with van der Waals surface area (Å²) in [5.74, 6) is 0.438. The largest absolute Gasteiger partial charge is 0.389 e. The molecule has 33 heavy (non-hydrogen) atoms. The molecule has 12 nitrogen and oxygen atoms in total. The second-order valence-corrected chi connectivity index (χ2v) is 8.54. The Hall–Kier alpha value is -3.77. The van der Waals surface area contributed by atoms with Gasteiger partial charge in [-0.3, -0.25) is 9.78 Å². The number of Topliss-reactive ketones (excluding diaryl/α,β-unsaturated/α-hetero) is 1. The van der Waals surface area contributed by atoms with E-state index >= 15 is 0 Å². The highest BCUT2D eigenvalue weighted by Gasteiger charge is 2.74. The highest BCUT2D eigenvalue weighted by Crippen LogP contribution is 2.68. The predicted molar refractivity (Wildman–Crippen MR) is 115 cm³/mol. The number of pyridine rings is 1. The Kier molecular flexibility index (Phi) is 4.13. The smallest absolute Gasteiger partial charge is 0.256 e. The van der Waals surface area contributed by atoms with Gasteiger partial charge in [0.15, 0.2) is 17.0 Å². The van der Waals surface area contributed by atoms with Gasteiger partial charge in [0.2, 0.25) is 0 Å². The first-order chi connectivity index (χ1) is 16.0. The number of carbonyl (C=O) groups is 1. The summed E-state index contributed by atoms with van der Waals surface area (Å²) < 4.78 is 3.17. The minimum absolute atomic E-state index is 0.109. The number of fused-ring (bicyclic) bond motifs is 2. The van der Waals surface area contributed by atoms with Crippen LogP contribution in [0.15, 0.2) is 36.9 Å². The zero-order valence-corrected chi connectivity index (χ0v) is 17.9. The van der Waals surface area contributed by atoms with Crippen molar-refractivity contribution >= 4 is 22.8 Å². The lowest BCUT2D eigenvalue weighted by molar-refractivity contribution is -0.128. The molecule has 0 bridgehead atoms. The number of hydrogen-bond acceptors (Lipinski definition) is 10. The molecule has 3 N–H and O–H groups in total. The Balaban J connectivity index is 1.45. The van der Waals surface area contributed by atoms with Gasteiger partial charge in [-0.2, -0.15) is 14.6 Å². The Morgan fingerprint density at radius 3 is 2.76 bits per heavy atom. The molecule has 2 unspecified atom stereocenters. The maximum Gasteiger partial charge on any atom is 0.256 e. The van der Waals surface area contributed by atoms with Gasteiger partial charge in [0.1, 0.15) is 17.6 Å². The first-order valence-corrected chi connectivity index (χ1v) is 10.6. The minimum Gasteiger partial charge on any atom is -0.389 e. The van der Waals surface area contributed by atoms with Crippen LogP contribution < -0.4 is 5.32 Å². The molecule has 0 saturated heterocycles. The summed E-state index contributed by atoms with van der Waals surface area (Å²) in [6.45, 7) is 1.47. The van der Waals surface area contributed by atoms with E-state index in [1.165, 1.54) is 11.6 Å². The summed E-state index contributed by atoms with van der Waals surface area (Å²) in [7, 11) is 1.72. The average molecular weight is 447 g/mol. The van der Waals surface area contributed by atoms with Crippen molar-refractivity contribution in [2.75, 3.05) is 12.4 Å². The maximum atomic E-state index is 12.2. The Labute approximate surface area is 187 Å². The number of ketones is 1. The highest BCUT2D eigenvalue weighted by molar-refractivity contribution is 5.88. The molecule has 4 heterocycles. The van der Waals surface area contributed by atoms with Gasteiger partial charge < -0.3 is 20.1 Å². The summed E-state index contributed by atoms with van der Waals surface area (Å²) in [6.07, 6.45) is 3.22. The summed E-state index contributed by atoms with van der Waals surface area (Å²) >= 11 is 0. The second-order valence-electron chi connectivity index (χ2n) is 8.54. The predicted octanol–water partition coefficient (Wildman–Crippen LogP) is 0.382. The molecule has 2 fully saturated rings. The molecule has 0 radical (unpaired) electrons. The van der Waals surface area contributed by atoms with Gasteiger partial charge in [-0.15, -0.1) is 5.10 Å². The van der Waals surface area contributed by atoms with E-state index in [-0.39, 0.29) is 17.6 Å². The van der Waals surface area contributed by atoms with E-state index < -0.39 is 23.7 Å². The summed E-state index contributed by atoms with van der Waals surface area (Å²) in [5, 5.41) is 32.8. The lowest BCUT2D eigenvalue weighted by Crippen LogP contribution is -2.36. The molecule has 12 heteroatoms. The number of imidazole rings is 1. The topological polar surface area (TPSA) is 157 Å². The van der Waals surface area contributed by atoms with Crippen LogP contribution in [-0.2, 0) is 4.79 Å². The number of rotatable bonds is 5. The van der Waals surface area contributed by atoms with E-state index in [9.17, 15) is 15.0 Å². The van der Waals surface area contributed by atoms with Crippen molar-refractivity contribution < 1.29 is 15.0 Å². The van der Waals surface area contributed by atoms with Crippen LogP contribution in [0.3, 0.4) is 0 Å². The molecule has 5 atom stereocenters. The van der Waals surface area contributed by atoms with E-state index in [0.717, 1.165) is 0 Å². The number of nitrogens with zero attached hydrogens (tertiary/aromatic N) is 8. The lowest BCUT2D eigenvalue weighted by Gasteiger charge is -2.23. The number of carbonyl (C=O) groups excluding carboxylic acids is 1. The van der Waals surface area contributed by atoms with Gasteiger partial charge in [-0.05, 0) is 31.4 Å². The quantitative estimate of drug-likeness (QED) is 0.391. The first kappa shape index (κ1) is 19.9. The van der Waals surface area contributed by atoms with Crippen LogP contribution >= 0.6 is 0 Å². The Bertz CT molecular complexity index is 1380. The van der Waals surface area contributed by atoms with Gasteiger partial charge in [0.05, 0.1) is 35.8 Å². The molecule has 6 rings (SSSR count). The molecular formula is C21H21N9O3. The molecule has 4 aromatic rings. The van der Waals surface area contributed by atoms with Crippen LogP contribution in [0.5, 0.6) is 0 Å². The van der Waals surface area contributed by atoms with Crippen LogP contribution in [0.25, 0.3) is 28.5 Å². The molecular weight excluding hydrogens is 426 g/mol. The summed E-state index contributed by atoms with van der Waals surface area (Å²) in [6, 6.07) is 4.99. The number of nitrogens with one attached hydrogen (secondary N) is 1. The molecule has 0 aromatic carbocycles. The molecule has 0 spiro atoms. The Morgan fingerprint density at radius 1 is 1.21 bits per heavy atom. The van der Waals surface area contributed by atoms with Crippen molar-refractivity contribution in [1.82, 2.24) is 39.5 Å². The number of aliphatic hydroxyl groups is 2. The molecule has 168 valence electrons. The van der Waals surface area contributed by atoms with Crippen LogP contribution in [0.2, 0.25) is 0 Å². The SMILES string of the molecule is CNc1nc(-n2cc(-c3ccccn3)nn2)nc2c1ncn2[C@@H]1C2C[C@@]2(C(C)=O)C(O)[C@H]1O. The normalized spacial score (nSPS) is 28.1. The summed E-state index contributed by atoms with van der Waals surface area (Å²) in [5.41, 5.74) is 1.31. The third-order valence-corrected chi connectivity index (χ3v) is 6.92. The number of hydrogen-bond donors (Lipinski definition) is 3. The molecule has 2 saturated carbocycles. The van der Waals surface area contributed by atoms with E-state index in [4.69, 9.17) is 0 Å². The van der Waals surface area contributed by atoms with Crippen molar-refractivity contribution in [1.29, 1.82) is 0 Å². The molecule has 4 aromatic heterocycles. The minimum atomic E-state index is -1.12. The molecule has 0 amide bonds. The number of aliphatic hydroxyl groups excluding tert-OH is 2. The van der Waals surface area contributed by atoms with Crippen LogP contribution in [0.4, 0.5) is 5.82 Å². The monoisotopic (exact) mass is 447 g/mol.